The Balaban J connectivity index is 1.81. The molecule has 1 aromatic carbocycles. The number of hydrogen-bond donors (Lipinski definition) is 0. The topological polar surface area (TPSA) is 49.9 Å². The summed E-state index contributed by atoms with van der Waals surface area (Å²) >= 11 is 0. The molecule has 1 atom stereocenters. The number of nitrogens with zero attached hydrogens (tertiary/aromatic N) is 2. The number of halogens is 1. The summed E-state index contributed by atoms with van der Waals surface area (Å²) in [6, 6.07) is 4.52. The first-order valence-electron chi connectivity index (χ1n) is 10.0. The van der Waals surface area contributed by atoms with Gasteiger partial charge in [-0.3, -0.25) is 9.59 Å². The molecule has 2 aliphatic rings. The summed E-state index contributed by atoms with van der Waals surface area (Å²) in [4.78, 5) is 29.5. The highest BCUT2D eigenvalue weighted by Gasteiger charge is 2.36. The first-order chi connectivity index (χ1) is 13.4. The van der Waals surface area contributed by atoms with E-state index in [1.807, 2.05) is 13.8 Å². The Bertz CT molecular complexity index is 769. The molecule has 2 fully saturated rings. The van der Waals surface area contributed by atoms with Crippen LogP contribution in [-0.2, 0) is 14.3 Å². The fraction of sp³-hybridized carbons (Fsp3) is 0.545. The van der Waals surface area contributed by atoms with Gasteiger partial charge in [-0.05, 0) is 54.5 Å². The molecular weight excluding hydrogens is 359 g/mol. The summed E-state index contributed by atoms with van der Waals surface area (Å²) in [5, 5.41) is 0. The Labute approximate surface area is 166 Å². The van der Waals surface area contributed by atoms with Crippen molar-refractivity contribution in [1.82, 2.24) is 9.80 Å². The summed E-state index contributed by atoms with van der Waals surface area (Å²) < 4.78 is 19.0. The summed E-state index contributed by atoms with van der Waals surface area (Å²) in [6.07, 6.45) is 3.15. The minimum absolute atomic E-state index is 0.0197. The third-order valence-electron chi connectivity index (χ3n) is 5.54. The predicted octanol–water partition coefficient (Wildman–Crippen LogP) is 3.02. The first-order valence-corrected chi connectivity index (χ1v) is 10.0. The van der Waals surface area contributed by atoms with Crippen molar-refractivity contribution < 1.29 is 18.7 Å². The van der Waals surface area contributed by atoms with Crippen molar-refractivity contribution in [3.8, 4) is 0 Å². The van der Waals surface area contributed by atoms with E-state index in [4.69, 9.17) is 4.74 Å². The minimum Gasteiger partial charge on any atom is -0.378 e. The average molecular weight is 388 g/mol. The Morgan fingerprint density at radius 2 is 1.93 bits per heavy atom. The van der Waals surface area contributed by atoms with Crippen molar-refractivity contribution in [2.75, 3.05) is 32.8 Å². The monoisotopic (exact) mass is 388 g/mol. The zero-order chi connectivity index (χ0) is 20.3. The molecule has 0 aromatic heterocycles. The van der Waals surface area contributed by atoms with Gasteiger partial charge in [-0.25, -0.2) is 4.39 Å². The zero-order valence-electron chi connectivity index (χ0n) is 16.9. The highest BCUT2D eigenvalue weighted by atomic mass is 19.1. The molecule has 0 N–H and O–H groups in total. The number of ether oxygens (including phenoxy) is 1. The van der Waals surface area contributed by atoms with Crippen LogP contribution in [0.5, 0.6) is 0 Å². The van der Waals surface area contributed by atoms with Crippen LogP contribution < -0.4 is 0 Å². The number of aryl methyl sites for hydroxylation is 1. The van der Waals surface area contributed by atoms with E-state index >= 15 is 0 Å². The van der Waals surface area contributed by atoms with Gasteiger partial charge in [0.15, 0.2) is 0 Å². The maximum absolute atomic E-state index is 13.6. The van der Waals surface area contributed by atoms with Crippen LogP contribution in [0.3, 0.4) is 0 Å². The van der Waals surface area contributed by atoms with Crippen molar-refractivity contribution >= 4 is 17.4 Å². The van der Waals surface area contributed by atoms with Gasteiger partial charge >= 0.3 is 0 Å². The Kier molecular flexibility index (Phi) is 6.50. The molecule has 0 saturated carbocycles. The second-order valence-electron chi connectivity index (χ2n) is 7.85. The fourth-order valence-corrected chi connectivity index (χ4v) is 3.91. The van der Waals surface area contributed by atoms with E-state index in [9.17, 15) is 14.0 Å². The quantitative estimate of drug-likeness (QED) is 0.745. The van der Waals surface area contributed by atoms with E-state index in [0.29, 0.717) is 44.8 Å². The Morgan fingerprint density at radius 1 is 1.21 bits per heavy atom. The van der Waals surface area contributed by atoms with Gasteiger partial charge in [0.2, 0.25) is 11.8 Å². The molecule has 0 radical (unpaired) electrons. The zero-order valence-corrected chi connectivity index (χ0v) is 16.9. The van der Waals surface area contributed by atoms with Crippen molar-refractivity contribution in [3.63, 3.8) is 0 Å². The van der Waals surface area contributed by atoms with E-state index in [-0.39, 0.29) is 23.5 Å². The van der Waals surface area contributed by atoms with Gasteiger partial charge in [0, 0.05) is 25.7 Å². The van der Waals surface area contributed by atoms with Crippen molar-refractivity contribution in [3.05, 3.63) is 41.2 Å². The number of allylic oxidation sites excluding steroid dienone is 1. The molecule has 2 heterocycles. The lowest BCUT2D eigenvalue weighted by molar-refractivity contribution is -0.144. The van der Waals surface area contributed by atoms with E-state index in [2.05, 4.69) is 0 Å². The lowest BCUT2D eigenvalue weighted by Gasteiger charge is -2.32. The van der Waals surface area contributed by atoms with Crippen molar-refractivity contribution in [1.29, 1.82) is 0 Å². The molecule has 2 saturated heterocycles. The average Bonchev–Trinajstić information content (AvgIpc) is 3.18. The highest BCUT2D eigenvalue weighted by Crippen LogP contribution is 2.27. The Hall–Kier alpha value is -2.21. The molecule has 3 rings (SSSR count). The van der Waals surface area contributed by atoms with Crippen LogP contribution in [0.2, 0.25) is 0 Å². The number of amides is 2. The fourth-order valence-electron chi connectivity index (χ4n) is 3.91. The van der Waals surface area contributed by atoms with E-state index in [1.165, 1.54) is 6.07 Å². The number of carbonyl (C=O) groups excluding carboxylic acids is 2. The second kappa shape index (κ2) is 8.86. The number of likely N-dealkylation sites (tertiary alicyclic amines) is 1. The number of hydrogen-bond acceptors (Lipinski definition) is 3. The molecule has 1 aromatic rings. The second-order valence-corrected chi connectivity index (χ2v) is 7.85. The number of benzene rings is 1. The van der Waals surface area contributed by atoms with Crippen LogP contribution in [0.1, 0.15) is 37.8 Å². The van der Waals surface area contributed by atoms with Crippen LogP contribution in [0.4, 0.5) is 4.39 Å². The third-order valence-corrected chi connectivity index (χ3v) is 5.54. The number of morpholine rings is 1. The molecule has 0 spiro atoms. The highest BCUT2D eigenvalue weighted by molar-refractivity contribution is 5.98. The maximum Gasteiger partial charge on any atom is 0.247 e. The molecule has 5 nitrogen and oxygen atoms in total. The van der Waals surface area contributed by atoms with Gasteiger partial charge in [-0.15, -0.1) is 0 Å². The van der Waals surface area contributed by atoms with Crippen molar-refractivity contribution in [2.24, 2.45) is 5.92 Å². The Morgan fingerprint density at radius 3 is 2.57 bits per heavy atom. The minimum atomic E-state index is -0.398. The SMILES string of the molecule is Cc1cc(/C(=C/C(=O)N2CCCC2C(=O)N2CCOCC2)C(C)C)ccc1F. The van der Waals surface area contributed by atoms with Crippen molar-refractivity contribution in [2.45, 2.75) is 39.7 Å². The standard InChI is InChI=1S/C22H29FN2O3/c1-15(2)18(17-6-7-19(23)16(3)13-17)14-21(26)25-8-4-5-20(25)22(27)24-9-11-28-12-10-24/h6-7,13-15,20H,4-5,8-12H2,1-3H3/b18-14+. The van der Waals surface area contributed by atoms with Gasteiger partial charge in [-0.2, -0.15) is 0 Å². The molecule has 0 bridgehead atoms. The lowest BCUT2D eigenvalue weighted by atomic mass is 9.93. The third kappa shape index (κ3) is 4.43. The van der Waals surface area contributed by atoms with Crippen LogP contribution in [0.25, 0.3) is 5.57 Å². The smallest absolute Gasteiger partial charge is 0.247 e. The maximum atomic E-state index is 13.6. The van der Waals surface area contributed by atoms with Crippen LogP contribution in [-0.4, -0.2) is 60.5 Å². The van der Waals surface area contributed by atoms with Gasteiger partial charge in [0.1, 0.15) is 11.9 Å². The molecule has 6 heteroatoms. The summed E-state index contributed by atoms with van der Waals surface area (Å²) in [5.74, 6) is -0.278. The normalized spacial score (nSPS) is 20.8. The predicted molar refractivity (Wildman–Crippen MR) is 106 cm³/mol. The number of carbonyl (C=O) groups is 2. The number of rotatable bonds is 4. The van der Waals surface area contributed by atoms with Gasteiger partial charge in [0.25, 0.3) is 0 Å². The molecule has 2 amide bonds. The van der Waals surface area contributed by atoms with Crippen LogP contribution in [0.15, 0.2) is 24.3 Å². The lowest BCUT2D eigenvalue weighted by Crippen LogP contribution is -2.50. The molecule has 2 aliphatic heterocycles. The summed E-state index contributed by atoms with van der Waals surface area (Å²) in [6.45, 7) is 8.59. The molecule has 0 aliphatic carbocycles. The molecule has 1 unspecified atom stereocenters. The van der Waals surface area contributed by atoms with Gasteiger partial charge in [-0.1, -0.05) is 19.9 Å². The molecular formula is C22H29FN2O3. The van der Waals surface area contributed by atoms with E-state index in [1.54, 1.807) is 34.9 Å². The van der Waals surface area contributed by atoms with Crippen LogP contribution in [0, 0.1) is 18.7 Å². The summed E-state index contributed by atoms with van der Waals surface area (Å²) in [7, 11) is 0. The molecule has 28 heavy (non-hydrogen) atoms. The van der Waals surface area contributed by atoms with Gasteiger partial charge < -0.3 is 14.5 Å². The first kappa shape index (κ1) is 20.5. The largest absolute Gasteiger partial charge is 0.378 e. The van der Waals surface area contributed by atoms with E-state index in [0.717, 1.165) is 17.6 Å². The van der Waals surface area contributed by atoms with E-state index < -0.39 is 6.04 Å². The van der Waals surface area contributed by atoms with Gasteiger partial charge in [0.05, 0.1) is 13.2 Å². The summed E-state index contributed by atoms with van der Waals surface area (Å²) in [5.41, 5.74) is 2.26. The molecule has 152 valence electrons. The van der Waals surface area contributed by atoms with Crippen LogP contribution >= 0.6 is 0 Å².